The minimum atomic E-state index is -0.664. The first-order chi connectivity index (χ1) is 18.2. The number of nitrogens with one attached hydrogen (secondary N) is 1. The Morgan fingerprint density at radius 1 is 1.16 bits per heavy atom. The number of carbonyl (C=O) groups excluding carboxylic acids is 1. The molecule has 1 amide bonds. The maximum Gasteiger partial charge on any atom is 0.257 e. The molecule has 1 aliphatic carbocycles. The van der Waals surface area contributed by atoms with Crippen molar-refractivity contribution in [2.45, 2.75) is 32.9 Å². The number of hydrogen-bond acceptors (Lipinski definition) is 5. The number of nitrogens with zero attached hydrogens (tertiary/aromatic N) is 4. The Balaban J connectivity index is 1.49. The van der Waals surface area contributed by atoms with Crippen molar-refractivity contribution in [3.05, 3.63) is 100.0 Å². The van der Waals surface area contributed by atoms with E-state index in [2.05, 4.69) is 21.0 Å². The van der Waals surface area contributed by atoms with Gasteiger partial charge in [0, 0.05) is 48.4 Å². The molecule has 1 aromatic carbocycles. The van der Waals surface area contributed by atoms with E-state index in [1.807, 2.05) is 49.5 Å². The van der Waals surface area contributed by atoms with Gasteiger partial charge in [0.15, 0.2) is 0 Å². The summed E-state index contributed by atoms with van der Waals surface area (Å²) in [6.45, 7) is 5.25. The summed E-state index contributed by atoms with van der Waals surface area (Å²) in [6, 6.07) is 4.72. The Labute approximate surface area is 221 Å². The Bertz CT molecular complexity index is 1400. The summed E-state index contributed by atoms with van der Waals surface area (Å²) in [4.78, 5) is 27.3. The van der Waals surface area contributed by atoms with Crippen LogP contribution in [0.2, 0.25) is 0 Å². The average molecular weight is 520 g/mol. The van der Waals surface area contributed by atoms with Crippen LogP contribution in [0.1, 0.15) is 53.6 Å². The molecule has 1 N–H and O–H groups in total. The lowest BCUT2D eigenvalue weighted by Crippen LogP contribution is -2.39. The van der Waals surface area contributed by atoms with Crippen LogP contribution < -0.4 is 0 Å². The van der Waals surface area contributed by atoms with Crippen molar-refractivity contribution in [1.29, 1.82) is 0 Å². The maximum absolute atomic E-state index is 13.9. The molecule has 0 saturated carbocycles. The molecule has 0 radical (unpaired) electrons. The second kappa shape index (κ2) is 10.4. The second-order valence-electron chi connectivity index (χ2n) is 9.84. The van der Waals surface area contributed by atoms with Crippen LogP contribution in [-0.4, -0.2) is 59.2 Å². The molecule has 3 heterocycles. The van der Waals surface area contributed by atoms with Crippen molar-refractivity contribution in [2.75, 3.05) is 27.4 Å². The topological polar surface area (TPSA) is 64.2 Å². The van der Waals surface area contributed by atoms with E-state index in [-0.39, 0.29) is 5.91 Å². The van der Waals surface area contributed by atoms with Gasteiger partial charge in [0.25, 0.3) is 5.91 Å². The normalized spacial score (nSPS) is 19.2. The van der Waals surface area contributed by atoms with E-state index in [9.17, 15) is 13.6 Å². The third-order valence-electron chi connectivity index (χ3n) is 7.02. The van der Waals surface area contributed by atoms with Gasteiger partial charge in [-0.3, -0.25) is 14.7 Å². The smallest absolute Gasteiger partial charge is 0.257 e. The highest BCUT2D eigenvalue weighted by molar-refractivity contribution is 5.97. The zero-order valence-corrected chi connectivity index (χ0v) is 22.0. The Morgan fingerprint density at radius 3 is 2.63 bits per heavy atom. The second-order valence-corrected chi connectivity index (χ2v) is 9.84. The molecule has 1 aromatic heterocycles. The standard InChI is InChI=1S/C29H31F2N5O2/c1-18-15-35(9-8-32-18)27-7-5-6-20(12-28(27)38-4)25-14-24-26(33-25)16-34(3)17-36(29(24)37)19(2)21-10-22(30)13-23(31)11-21/h5-6,8,10-15,19,33H,7,9,16-17H2,1-4H3. The number of hydrogen-bond donors (Lipinski definition) is 1. The molecular weight excluding hydrogens is 488 g/mol. The summed E-state index contributed by atoms with van der Waals surface area (Å²) in [5.74, 6) is -0.786. The van der Waals surface area contributed by atoms with E-state index >= 15 is 0 Å². The molecule has 7 nitrogen and oxygen atoms in total. The number of halogens is 2. The number of ether oxygens (including phenoxy) is 1. The van der Waals surface area contributed by atoms with Crippen molar-refractivity contribution in [3.63, 3.8) is 0 Å². The van der Waals surface area contributed by atoms with E-state index < -0.39 is 17.7 Å². The fourth-order valence-electron chi connectivity index (χ4n) is 5.11. The molecule has 0 spiro atoms. The third-order valence-corrected chi connectivity index (χ3v) is 7.02. The minimum absolute atomic E-state index is 0.196. The van der Waals surface area contributed by atoms with Gasteiger partial charge in [-0.2, -0.15) is 0 Å². The largest absolute Gasteiger partial charge is 0.495 e. The number of allylic oxidation sites excluding steroid dienone is 5. The molecule has 1 atom stereocenters. The predicted molar refractivity (Wildman–Crippen MR) is 143 cm³/mol. The summed E-state index contributed by atoms with van der Waals surface area (Å²) in [5, 5.41) is 0. The van der Waals surface area contributed by atoms with Gasteiger partial charge in [0.05, 0.1) is 43.3 Å². The lowest BCUT2D eigenvalue weighted by Gasteiger charge is -2.31. The zero-order valence-electron chi connectivity index (χ0n) is 22.0. The third kappa shape index (κ3) is 5.06. The SMILES string of the molecule is COC1=C(N2C=C(C)N=CC2)CC=CC(c2cc3c([nH]2)CN(C)CN(C(C)c2cc(F)cc(F)c2)C3=O)=C1. The van der Waals surface area contributed by atoms with Crippen molar-refractivity contribution in [1.82, 2.24) is 19.7 Å². The van der Waals surface area contributed by atoms with Gasteiger partial charge in [0.1, 0.15) is 17.4 Å². The quantitative estimate of drug-likeness (QED) is 0.579. The molecule has 5 rings (SSSR count). The molecule has 0 saturated heterocycles. The molecule has 9 heteroatoms. The predicted octanol–water partition coefficient (Wildman–Crippen LogP) is 5.35. The molecule has 198 valence electrons. The van der Waals surface area contributed by atoms with Crippen LogP contribution >= 0.6 is 0 Å². The monoisotopic (exact) mass is 519 g/mol. The first kappa shape index (κ1) is 25.7. The number of methoxy groups -OCH3 is 1. The van der Waals surface area contributed by atoms with Crippen LogP contribution in [0.4, 0.5) is 8.78 Å². The minimum Gasteiger partial charge on any atom is -0.495 e. The summed E-state index contributed by atoms with van der Waals surface area (Å²) < 4.78 is 33.6. The summed E-state index contributed by atoms with van der Waals surface area (Å²) in [6.07, 6.45) is 10.6. The number of carbonyl (C=O) groups is 1. The zero-order chi connectivity index (χ0) is 27.0. The number of aliphatic imine (C=N–C) groups is 1. The Kier molecular flexibility index (Phi) is 7.03. The van der Waals surface area contributed by atoms with E-state index in [0.717, 1.165) is 40.2 Å². The first-order valence-corrected chi connectivity index (χ1v) is 12.5. The molecule has 3 aliphatic rings. The average Bonchev–Trinajstić information content (AvgIpc) is 3.10. The molecule has 0 fully saturated rings. The number of aromatic amines is 1. The van der Waals surface area contributed by atoms with Gasteiger partial charge in [-0.15, -0.1) is 0 Å². The highest BCUT2D eigenvalue weighted by Crippen LogP contribution is 2.32. The number of rotatable bonds is 5. The summed E-state index contributed by atoms with van der Waals surface area (Å²) in [5.41, 5.74) is 5.37. The van der Waals surface area contributed by atoms with Gasteiger partial charge in [-0.05, 0) is 50.7 Å². The van der Waals surface area contributed by atoms with Crippen LogP contribution in [-0.2, 0) is 11.3 Å². The van der Waals surface area contributed by atoms with Crippen LogP contribution in [0.25, 0.3) is 5.57 Å². The van der Waals surface area contributed by atoms with Crippen LogP contribution in [0.5, 0.6) is 0 Å². The summed E-state index contributed by atoms with van der Waals surface area (Å²) in [7, 11) is 3.56. The van der Waals surface area contributed by atoms with E-state index in [1.54, 1.807) is 18.9 Å². The van der Waals surface area contributed by atoms with Gasteiger partial charge in [-0.1, -0.05) is 12.2 Å². The molecule has 1 unspecified atom stereocenters. The van der Waals surface area contributed by atoms with Crippen LogP contribution in [0.3, 0.4) is 0 Å². The first-order valence-electron chi connectivity index (χ1n) is 12.5. The Morgan fingerprint density at radius 2 is 1.92 bits per heavy atom. The molecule has 0 bridgehead atoms. The van der Waals surface area contributed by atoms with Crippen molar-refractivity contribution in [3.8, 4) is 0 Å². The lowest BCUT2D eigenvalue weighted by atomic mass is 10.1. The molecule has 2 aromatic rings. The fraction of sp³-hybridized carbons (Fsp3) is 0.310. The highest BCUT2D eigenvalue weighted by atomic mass is 19.1. The van der Waals surface area contributed by atoms with Crippen LogP contribution in [0, 0.1) is 11.6 Å². The lowest BCUT2D eigenvalue weighted by molar-refractivity contribution is 0.0579. The van der Waals surface area contributed by atoms with Crippen molar-refractivity contribution in [2.24, 2.45) is 4.99 Å². The molecular formula is C29H31F2N5O2. The van der Waals surface area contributed by atoms with Gasteiger partial charge in [-0.25, -0.2) is 8.78 Å². The van der Waals surface area contributed by atoms with E-state index in [4.69, 9.17) is 4.74 Å². The number of fused-ring (bicyclic) bond motifs is 1. The fourth-order valence-corrected chi connectivity index (χ4v) is 5.11. The van der Waals surface area contributed by atoms with Gasteiger partial charge in [0.2, 0.25) is 0 Å². The Hall–Kier alpha value is -3.98. The van der Waals surface area contributed by atoms with Crippen LogP contribution in [0.15, 0.2) is 70.8 Å². The molecule has 38 heavy (non-hydrogen) atoms. The molecule has 2 aliphatic heterocycles. The highest BCUT2D eigenvalue weighted by Gasteiger charge is 2.31. The van der Waals surface area contributed by atoms with Crippen molar-refractivity contribution < 1.29 is 18.3 Å². The van der Waals surface area contributed by atoms with Crippen molar-refractivity contribution >= 4 is 17.7 Å². The number of benzene rings is 1. The van der Waals surface area contributed by atoms with Gasteiger partial charge < -0.3 is 19.5 Å². The summed E-state index contributed by atoms with van der Waals surface area (Å²) >= 11 is 0. The maximum atomic E-state index is 13.9. The number of aromatic nitrogens is 1. The van der Waals surface area contributed by atoms with E-state index in [0.29, 0.717) is 37.3 Å². The number of amides is 1. The van der Waals surface area contributed by atoms with Gasteiger partial charge >= 0.3 is 0 Å². The number of H-pyrrole nitrogens is 1. The van der Waals surface area contributed by atoms with E-state index in [1.165, 1.54) is 12.1 Å².